The molecule has 0 aromatic heterocycles. The maximum Gasteiger partial charge on any atom is 0.415 e. The van der Waals surface area contributed by atoms with Crippen molar-refractivity contribution in [2.24, 2.45) is 11.1 Å². The van der Waals surface area contributed by atoms with Crippen LogP contribution in [0, 0.1) is 5.41 Å². The number of carbonyl (C=O) groups excluding carboxylic acids is 2. The van der Waals surface area contributed by atoms with Crippen LogP contribution < -0.4 is 11.1 Å². The number of ether oxygens (including phenoxy) is 1. The quantitative estimate of drug-likeness (QED) is 0.375. The molecule has 0 heterocycles. The molecule has 0 spiro atoms. The third-order valence-corrected chi connectivity index (χ3v) is 2.33. The number of carboxylic acid groups (broad SMARTS) is 1. The van der Waals surface area contributed by atoms with Gasteiger partial charge < -0.3 is 20.9 Å². The fraction of sp³-hybridized carbons (Fsp3) is 0.750. The predicted molar refractivity (Wildman–Crippen MR) is 68.4 cm³/mol. The number of hydrogen-bond donors (Lipinski definition) is 3. The number of alkyl carbamates (subject to hydrolysis) is 1. The number of esters is 1. The highest BCUT2D eigenvalue weighted by atomic mass is 16.6. The summed E-state index contributed by atoms with van der Waals surface area (Å²) in [6.07, 6.45) is 0.438. The zero-order chi connectivity index (χ0) is 15.1. The second-order valence-corrected chi connectivity index (χ2v) is 5.25. The summed E-state index contributed by atoms with van der Waals surface area (Å²) < 4.78 is 4.52. The lowest BCUT2D eigenvalue weighted by Gasteiger charge is -2.17. The number of rotatable bonds is 6. The van der Waals surface area contributed by atoms with Gasteiger partial charge in [0.05, 0.1) is 5.41 Å². The van der Waals surface area contributed by atoms with Crippen molar-refractivity contribution in [2.45, 2.75) is 46.1 Å². The van der Waals surface area contributed by atoms with E-state index in [0.29, 0.717) is 19.4 Å². The van der Waals surface area contributed by atoms with Crippen LogP contribution in [-0.4, -0.2) is 35.7 Å². The first kappa shape index (κ1) is 17.4. The van der Waals surface area contributed by atoms with Crippen LogP contribution in [0.2, 0.25) is 0 Å². The fourth-order valence-electron chi connectivity index (χ4n) is 1.16. The van der Waals surface area contributed by atoms with E-state index in [1.165, 1.54) is 0 Å². The lowest BCUT2D eigenvalue weighted by molar-refractivity contribution is -0.147. The smallest absolute Gasteiger partial charge is 0.415 e. The molecule has 4 N–H and O–H groups in total. The van der Waals surface area contributed by atoms with Gasteiger partial charge in [-0.2, -0.15) is 0 Å². The molecule has 110 valence electrons. The summed E-state index contributed by atoms with van der Waals surface area (Å²) in [7, 11) is 0. The normalized spacial score (nSPS) is 12.6. The Morgan fingerprint density at radius 2 is 1.84 bits per heavy atom. The van der Waals surface area contributed by atoms with E-state index in [-0.39, 0.29) is 6.42 Å². The molecule has 0 saturated heterocycles. The molecule has 0 aromatic carbocycles. The zero-order valence-electron chi connectivity index (χ0n) is 11.6. The molecule has 0 aliphatic heterocycles. The number of nitrogens with two attached hydrogens (primary N) is 1. The maximum atomic E-state index is 11.4. The van der Waals surface area contributed by atoms with Gasteiger partial charge in [-0.3, -0.25) is 4.79 Å². The van der Waals surface area contributed by atoms with Gasteiger partial charge >= 0.3 is 18.0 Å². The fourth-order valence-corrected chi connectivity index (χ4v) is 1.16. The molecule has 1 unspecified atom stereocenters. The van der Waals surface area contributed by atoms with Crippen molar-refractivity contribution in [2.75, 3.05) is 6.54 Å². The Kier molecular flexibility index (Phi) is 7.06. The van der Waals surface area contributed by atoms with Gasteiger partial charge in [0.1, 0.15) is 6.04 Å². The molecule has 1 atom stereocenters. The van der Waals surface area contributed by atoms with Crippen LogP contribution in [0.4, 0.5) is 4.79 Å². The van der Waals surface area contributed by atoms with Gasteiger partial charge in [0, 0.05) is 0 Å². The Morgan fingerprint density at radius 1 is 1.26 bits per heavy atom. The molecule has 0 aromatic rings. The maximum absolute atomic E-state index is 11.4. The minimum absolute atomic E-state index is 0.241. The Morgan fingerprint density at radius 3 is 2.26 bits per heavy atom. The molecular formula is C12H22N2O5. The van der Waals surface area contributed by atoms with Gasteiger partial charge in [-0.25, -0.2) is 9.59 Å². The average Bonchev–Trinajstić information content (AvgIpc) is 2.26. The highest BCUT2D eigenvalue weighted by Crippen LogP contribution is 2.15. The minimum Gasteiger partial charge on any atom is -0.480 e. The van der Waals surface area contributed by atoms with E-state index in [9.17, 15) is 14.4 Å². The second-order valence-electron chi connectivity index (χ2n) is 5.25. The van der Waals surface area contributed by atoms with Crippen molar-refractivity contribution < 1.29 is 24.2 Å². The average molecular weight is 274 g/mol. The Labute approximate surface area is 112 Å². The molecule has 0 aliphatic carbocycles. The third-order valence-electron chi connectivity index (χ3n) is 2.33. The van der Waals surface area contributed by atoms with E-state index >= 15 is 0 Å². The highest BCUT2D eigenvalue weighted by Gasteiger charge is 2.27. The summed E-state index contributed by atoms with van der Waals surface area (Å²) >= 11 is 0. The Balaban J connectivity index is 4.32. The van der Waals surface area contributed by atoms with Gasteiger partial charge in [-0.1, -0.05) is 0 Å². The summed E-state index contributed by atoms with van der Waals surface area (Å²) in [4.78, 5) is 33.8. The molecule has 0 radical (unpaired) electrons. The first-order chi connectivity index (χ1) is 8.68. The van der Waals surface area contributed by atoms with E-state index in [1.807, 2.05) is 0 Å². The summed E-state index contributed by atoms with van der Waals surface area (Å²) in [5.41, 5.74) is 4.48. The molecule has 7 heteroatoms. The molecule has 0 fully saturated rings. The van der Waals surface area contributed by atoms with Crippen molar-refractivity contribution in [1.82, 2.24) is 5.32 Å². The third kappa shape index (κ3) is 7.40. The van der Waals surface area contributed by atoms with Crippen LogP contribution in [0.5, 0.6) is 0 Å². The molecule has 0 rings (SSSR count). The van der Waals surface area contributed by atoms with E-state index in [1.54, 1.807) is 20.8 Å². The number of amides is 1. The van der Waals surface area contributed by atoms with Crippen molar-refractivity contribution in [3.05, 3.63) is 0 Å². The van der Waals surface area contributed by atoms with Gasteiger partial charge in [0.15, 0.2) is 0 Å². The molecule has 0 saturated carbocycles. The number of carboxylic acids is 1. The summed E-state index contributed by atoms with van der Waals surface area (Å²) in [5, 5.41) is 11.1. The summed E-state index contributed by atoms with van der Waals surface area (Å²) in [6.45, 7) is 5.24. The van der Waals surface area contributed by atoms with Crippen LogP contribution in [0.1, 0.15) is 40.0 Å². The second kappa shape index (κ2) is 7.73. The molecular weight excluding hydrogens is 252 g/mol. The van der Waals surface area contributed by atoms with Gasteiger partial charge in [0.2, 0.25) is 0 Å². The zero-order valence-corrected chi connectivity index (χ0v) is 11.6. The highest BCUT2D eigenvalue weighted by molar-refractivity contribution is 5.89. The monoisotopic (exact) mass is 274 g/mol. The number of unbranched alkanes of at least 4 members (excludes halogenated alkanes) is 1. The molecule has 1 amide bonds. The van der Waals surface area contributed by atoms with E-state index in [2.05, 4.69) is 10.1 Å². The van der Waals surface area contributed by atoms with Gasteiger partial charge in [-0.15, -0.1) is 0 Å². The Bertz CT molecular complexity index is 336. The standard InChI is InChI=1S/C12H22N2O5/c1-12(2,3)10(17)19-11(18)14-8(9(15)16)6-4-5-7-13/h8H,4-7,13H2,1-3H3,(H,14,18)(H,15,16). The number of nitrogens with one attached hydrogen (secondary N) is 1. The first-order valence-corrected chi connectivity index (χ1v) is 6.14. The Hall–Kier alpha value is -1.63. The van der Waals surface area contributed by atoms with E-state index < -0.39 is 29.5 Å². The van der Waals surface area contributed by atoms with Crippen LogP contribution in [0.25, 0.3) is 0 Å². The molecule has 7 nitrogen and oxygen atoms in total. The van der Waals surface area contributed by atoms with Crippen molar-refractivity contribution >= 4 is 18.0 Å². The summed E-state index contributed by atoms with van der Waals surface area (Å²) in [5.74, 6) is -1.88. The van der Waals surface area contributed by atoms with Crippen molar-refractivity contribution in [1.29, 1.82) is 0 Å². The lowest BCUT2D eigenvalue weighted by Crippen LogP contribution is -2.43. The molecule has 0 aliphatic rings. The minimum atomic E-state index is -1.17. The van der Waals surface area contributed by atoms with Crippen molar-refractivity contribution in [3.63, 3.8) is 0 Å². The van der Waals surface area contributed by atoms with E-state index in [4.69, 9.17) is 10.8 Å². The number of aliphatic carboxylic acids is 1. The van der Waals surface area contributed by atoms with Gasteiger partial charge in [-0.05, 0) is 46.6 Å². The van der Waals surface area contributed by atoms with Gasteiger partial charge in [0.25, 0.3) is 0 Å². The van der Waals surface area contributed by atoms with Crippen LogP contribution in [0.15, 0.2) is 0 Å². The van der Waals surface area contributed by atoms with Crippen molar-refractivity contribution in [3.8, 4) is 0 Å². The molecule has 19 heavy (non-hydrogen) atoms. The topological polar surface area (TPSA) is 119 Å². The van der Waals surface area contributed by atoms with Crippen LogP contribution in [-0.2, 0) is 14.3 Å². The lowest BCUT2D eigenvalue weighted by atomic mass is 9.97. The predicted octanol–water partition coefficient (Wildman–Crippen LogP) is 0.867. The SMILES string of the molecule is CC(C)(C)C(=O)OC(=O)NC(CCCCN)C(=O)O. The summed E-state index contributed by atoms with van der Waals surface area (Å²) in [6, 6.07) is -1.08. The largest absolute Gasteiger partial charge is 0.480 e. The number of hydrogen-bond acceptors (Lipinski definition) is 5. The van der Waals surface area contributed by atoms with Crippen LogP contribution in [0.3, 0.4) is 0 Å². The van der Waals surface area contributed by atoms with E-state index in [0.717, 1.165) is 0 Å². The molecule has 0 bridgehead atoms. The van der Waals surface area contributed by atoms with Crippen LogP contribution >= 0.6 is 0 Å². The first-order valence-electron chi connectivity index (χ1n) is 6.14. The number of carbonyl (C=O) groups is 3.